The summed E-state index contributed by atoms with van der Waals surface area (Å²) >= 11 is 5.88. The Balaban J connectivity index is 3.02. The molecule has 0 spiro atoms. The van der Waals surface area contributed by atoms with Crippen LogP contribution in [-0.2, 0) is 15.0 Å². The fraction of sp³-hybridized carbons (Fsp3) is 0.500. The first-order chi connectivity index (χ1) is 10.2. The summed E-state index contributed by atoms with van der Waals surface area (Å²) in [5.41, 5.74) is -1.96. The molecule has 1 aromatic rings. The van der Waals surface area contributed by atoms with Gasteiger partial charge in [0.15, 0.2) is 5.60 Å². The van der Waals surface area contributed by atoms with Crippen molar-refractivity contribution < 1.29 is 19.8 Å². The number of rotatable bonds is 7. The fourth-order valence-electron chi connectivity index (χ4n) is 2.38. The van der Waals surface area contributed by atoms with Crippen LogP contribution in [0.3, 0.4) is 0 Å². The third-order valence-electron chi connectivity index (χ3n) is 4.09. The molecule has 1 unspecified atom stereocenters. The lowest BCUT2D eigenvalue weighted by Crippen LogP contribution is -2.51. The average molecular weight is 328 g/mol. The Bertz CT molecular complexity index is 536. The van der Waals surface area contributed by atoms with E-state index in [4.69, 9.17) is 16.7 Å². The van der Waals surface area contributed by atoms with Gasteiger partial charge >= 0.3 is 5.97 Å². The SMILES string of the molecule is CCC(CC)(C(=O)NCC(C)(O)C(=O)O)c1ccc(Cl)cc1. The van der Waals surface area contributed by atoms with E-state index in [-0.39, 0.29) is 12.5 Å². The topological polar surface area (TPSA) is 86.6 Å². The number of benzene rings is 1. The number of hydrogen-bond acceptors (Lipinski definition) is 3. The van der Waals surface area contributed by atoms with Gasteiger partial charge in [-0.1, -0.05) is 37.6 Å². The molecular weight excluding hydrogens is 306 g/mol. The maximum absolute atomic E-state index is 12.6. The Morgan fingerprint density at radius 1 is 1.18 bits per heavy atom. The van der Waals surface area contributed by atoms with Gasteiger partial charge in [-0.05, 0) is 37.5 Å². The van der Waals surface area contributed by atoms with Crippen LogP contribution in [-0.4, -0.2) is 34.2 Å². The van der Waals surface area contributed by atoms with Crippen LogP contribution >= 0.6 is 11.6 Å². The number of nitrogens with one attached hydrogen (secondary N) is 1. The fourth-order valence-corrected chi connectivity index (χ4v) is 2.50. The monoisotopic (exact) mass is 327 g/mol. The van der Waals surface area contributed by atoms with Crippen LogP contribution in [0.2, 0.25) is 5.02 Å². The lowest BCUT2D eigenvalue weighted by Gasteiger charge is -2.32. The van der Waals surface area contributed by atoms with E-state index in [0.29, 0.717) is 17.9 Å². The van der Waals surface area contributed by atoms with Crippen LogP contribution in [0.5, 0.6) is 0 Å². The zero-order chi connectivity index (χ0) is 17.0. The Hall–Kier alpha value is -1.59. The van der Waals surface area contributed by atoms with Crippen molar-refractivity contribution in [1.29, 1.82) is 0 Å². The zero-order valence-corrected chi connectivity index (χ0v) is 13.8. The molecule has 122 valence electrons. The number of halogens is 1. The van der Waals surface area contributed by atoms with Gasteiger partial charge < -0.3 is 15.5 Å². The number of aliphatic hydroxyl groups is 1. The molecule has 0 heterocycles. The molecule has 6 heteroatoms. The predicted molar refractivity (Wildman–Crippen MR) is 85.0 cm³/mol. The molecule has 5 nitrogen and oxygen atoms in total. The standard InChI is InChI=1S/C16H22ClNO4/c1-4-16(5-2,11-6-8-12(17)9-7-11)13(19)18-10-15(3,22)14(20)21/h6-9,22H,4-5,10H2,1-3H3,(H,18,19)(H,20,21). The Labute approximate surface area is 135 Å². The minimum absolute atomic E-state index is 0.304. The van der Waals surface area contributed by atoms with Crippen molar-refractivity contribution in [1.82, 2.24) is 5.32 Å². The van der Waals surface area contributed by atoms with Crippen molar-refractivity contribution in [3.05, 3.63) is 34.9 Å². The van der Waals surface area contributed by atoms with Gasteiger partial charge in [0.25, 0.3) is 0 Å². The molecule has 0 aliphatic carbocycles. The van der Waals surface area contributed by atoms with Crippen LogP contribution in [0.15, 0.2) is 24.3 Å². The molecule has 0 aliphatic rings. The van der Waals surface area contributed by atoms with Crippen molar-refractivity contribution in [2.24, 2.45) is 0 Å². The molecule has 0 bridgehead atoms. The number of aliphatic carboxylic acids is 1. The van der Waals surface area contributed by atoms with Crippen LogP contribution < -0.4 is 5.32 Å². The smallest absolute Gasteiger partial charge is 0.337 e. The third-order valence-corrected chi connectivity index (χ3v) is 4.34. The molecule has 1 amide bonds. The molecular formula is C16H22ClNO4. The molecule has 22 heavy (non-hydrogen) atoms. The van der Waals surface area contributed by atoms with Crippen molar-refractivity contribution in [2.75, 3.05) is 6.54 Å². The normalized spacial score (nSPS) is 14.2. The maximum atomic E-state index is 12.6. The Morgan fingerprint density at radius 3 is 2.09 bits per heavy atom. The molecule has 0 saturated carbocycles. The molecule has 0 radical (unpaired) electrons. The summed E-state index contributed by atoms with van der Waals surface area (Å²) in [6.07, 6.45) is 1.10. The second-order valence-corrected chi connectivity index (χ2v) is 5.99. The van der Waals surface area contributed by atoms with Gasteiger partial charge in [-0.15, -0.1) is 0 Å². The second kappa shape index (κ2) is 7.11. The summed E-state index contributed by atoms with van der Waals surface area (Å²) in [6.45, 7) is 4.59. The third kappa shape index (κ3) is 3.78. The van der Waals surface area contributed by atoms with Gasteiger partial charge in [0.2, 0.25) is 5.91 Å². The second-order valence-electron chi connectivity index (χ2n) is 5.56. The highest BCUT2D eigenvalue weighted by Crippen LogP contribution is 2.32. The first kappa shape index (κ1) is 18.5. The predicted octanol–water partition coefficient (Wildman–Crippen LogP) is 2.35. The molecule has 1 aromatic carbocycles. The summed E-state index contributed by atoms with van der Waals surface area (Å²) < 4.78 is 0. The quantitative estimate of drug-likeness (QED) is 0.717. The number of carboxylic acids is 1. The molecule has 1 rings (SSSR count). The van der Waals surface area contributed by atoms with E-state index < -0.39 is 17.0 Å². The number of carbonyl (C=O) groups is 2. The highest BCUT2D eigenvalue weighted by atomic mass is 35.5. The highest BCUT2D eigenvalue weighted by Gasteiger charge is 2.39. The van der Waals surface area contributed by atoms with E-state index in [0.717, 1.165) is 12.5 Å². The van der Waals surface area contributed by atoms with E-state index in [2.05, 4.69) is 5.32 Å². The molecule has 0 aromatic heterocycles. The van der Waals surface area contributed by atoms with Crippen LogP contribution in [0, 0.1) is 0 Å². The van der Waals surface area contributed by atoms with Crippen molar-refractivity contribution in [3.8, 4) is 0 Å². The average Bonchev–Trinajstić information content (AvgIpc) is 2.48. The van der Waals surface area contributed by atoms with Crippen LogP contribution in [0.25, 0.3) is 0 Å². The molecule has 0 aliphatic heterocycles. The minimum Gasteiger partial charge on any atom is -0.479 e. The van der Waals surface area contributed by atoms with Gasteiger partial charge in [0, 0.05) is 5.02 Å². The van der Waals surface area contributed by atoms with Crippen LogP contribution in [0.1, 0.15) is 39.2 Å². The van der Waals surface area contributed by atoms with E-state index in [9.17, 15) is 14.7 Å². The Morgan fingerprint density at radius 2 is 1.68 bits per heavy atom. The van der Waals surface area contributed by atoms with Gasteiger partial charge in [0.05, 0.1) is 12.0 Å². The van der Waals surface area contributed by atoms with E-state index in [1.807, 2.05) is 13.8 Å². The number of amides is 1. The summed E-state index contributed by atoms with van der Waals surface area (Å²) in [6, 6.07) is 7.03. The molecule has 1 atom stereocenters. The van der Waals surface area contributed by atoms with Gasteiger partial charge in [-0.2, -0.15) is 0 Å². The highest BCUT2D eigenvalue weighted by molar-refractivity contribution is 6.30. The van der Waals surface area contributed by atoms with Crippen molar-refractivity contribution >= 4 is 23.5 Å². The summed E-state index contributed by atoms with van der Waals surface area (Å²) in [5, 5.41) is 21.8. The van der Waals surface area contributed by atoms with Crippen molar-refractivity contribution in [2.45, 2.75) is 44.6 Å². The van der Waals surface area contributed by atoms with Crippen LogP contribution in [0.4, 0.5) is 0 Å². The molecule has 0 saturated heterocycles. The van der Waals surface area contributed by atoms with Crippen molar-refractivity contribution in [3.63, 3.8) is 0 Å². The maximum Gasteiger partial charge on any atom is 0.337 e. The Kier molecular flexibility index (Phi) is 5.97. The molecule has 0 fully saturated rings. The van der Waals surface area contributed by atoms with Gasteiger partial charge in [-0.25, -0.2) is 4.79 Å². The largest absolute Gasteiger partial charge is 0.479 e. The minimum atomic E-state index is -2.00. The summed E-state index contributed by atoms with van der Waals surface area (Å²) in [7, 11) is 0. The lowest BCUT2D eigenvalue weighted by atomic mass is 9.75. The summed E-state index contributed by atoms with van der Waals surface area (Å²) in [4.78, 5) is 23.5. The summed E-state index contributed by atoms with van der Waals surface area (Å²) in [5.74, 6) is -1.68. The first-order valence-corrected chi connectivity index (χ1v) is 7.57. The van der Waals surface area contributed by atoms with E-state index in [1.54, 1.807) is 24.3 Å². The van der Waals surface area contributed by atoms with Gasteiger partial charge in [0.1, 0.15) is 0 Å². The zero-order valence-electron chi connectivity index (χ0n) is 13.0. The van der Waals surface area contributed by atoms with E-state index in [1.165, 1.54) is 0 Å². The first-order valence-electron chi connectivity index (χ1n) is 7.19. The molecule has 3 N–H and O–H groups in total. The van der Waals surface area contributed by atoms with Gasteiger partial charge in [-0.3, -0.25) is 4.79 Å². The number of carbonyl (C=O) groups excluding carboxylic acids is 1. The van der Waals surface area contributed by atoms with E-state index >= 15 is 0 Å². The number of hydrogen-bond donors (Lipinski definition) is 3. The number of carboxylic acid groups (broad SMARTS) is 1. The lowest BCUT2D eigenvalue weighted by molar-refractivity contribution is -0.156.